The van der Waals surface area contributed by atoms with E-state index in [1.54, 1.807) is 18.4 Å². The van der Waals surface area contributed by atoms with Crippen LogP contribution in [-0.4, -0.2) is 48.7 Å². The third-order valence-electron chi connectivity index (χ3n) is 4.80. The number of para-hydroxylation sites is 1. The van der Waals surface area contributed by atoms with E-state index in [2.05, 4.69) is 15.1 Å². The quantitative estimate of drug-likeness (QED) is 0.194. The lowest BCUT2D eigenvalue weighted by Crippen LogP contribution is -2.17. The second-order valence-corrected chi connectivity index (χ2v) is 10.7. The largest absolute Gasteiger partial charge is 0.450 e. The number of hydrogen-bond acceptors (Lipinski definition) is 10. The van der Waals surface area contributed by atoms with E-state index in [1.165, 1.54) is 30.0 Å². The van der Waals surface area contributed by atoms with E-state index in [1.807, 2.05) is 38.1 Å². The molecule has 0 radical (unpaired) electrons. The van der Waals surface area contributed by atoms with Gasteiger partial charge in [0.25, 0.3) is 5.89 Å². The van der Waals surface area contributed by atoms with Crippen LogP contribution in [0.3, 0.4) is 0 Å². The van der Waals surface area contributed by atoms with E-state index in [0.29, 0.717) is 11.3 Å². The molecule has 0 fully saturated rings. The van der Waals surface area contributed by atoms with Crippen LogP contribution in [0.5, 0.6) is 0 Å². The lowest BCUT2D eigenvalue weighted by Gasteiger charge is -2.09. The van der Waals surface area contributed by atoms with E-state index < -0.39 is 15.8 Å². The summed E-state index contributed by atoms with van der Waals surface area (Å²) in [6.07, 6.45) is 4.25. The highest BCUT2D eigenvalue weighted by molar-refractivity contribution is 7.98. The number of esters is 1. The minimum atomic E-state index is -3.42. The Morgan fingerprint density at radius 1 is 1.23 bits per heavy atom. The third-order valence-corrected chi connectivity index (χ3v) is 6.26. The van der Waals surface area contributed by atoms with Crippen molar-refractivity contribution in [2.24, 2.45) is 10.7 Å². The molecule has 1 heterocycles. The van der Waals surface area contributed by atoms with Crippen LogP contribution in [0.1, 0.15) is 31.2 Å². The molecule has 35 heavy (non-hydrogen) atoms. The Morgan fingerprint density at radius 2 is 1.97 bits per heavy atom. The highest BCUT2D eigenvalue weighted by atomic mass is 32.2. The van der Waals surface area contributed by atoms with Crippen molar-refractivity contribution in [1.29, 1.82) is 0 Å². The number of carbonyl (C=O) groups is 1. The molecule has 0 saturated heterocycles. The van der Waals surface area contributed by atoms with E-state index in [9.17, 15) is 13.2 Å². The molecule has 184 valence electrons. The Morgan fingerprint density at radius 3 is 2.66 bits per heavy atom. The van der Waals surface area contributed by atoms with Crippen molar-refractivity contribution < 1.29 is 22.5 Å². The van der Waals surface area contributed by atoms with E-state index in [-0.39, 0.29) is 39.9 Å². The van der Waals surface area contributed by atoms with Gasteiger partial charge < -0.3 is 15.0 Å². The maximum Gasteiger partial charge on any atom is 0.355 e. The van der Waals surface area contributed by atoms with Gasteiger partial charge in [0, 0.05) is 11.8 Å². The zero-order valence-corrected chi connectivity index (χ0v) is 21.4. The summed E-state index contributed by atoms with van der Waals surface area (Å²) >= 11 is 1.34. The molecule has 0 atom stereocenters. The molecule has 1 aromatic heterocycles. The van der Waals surface area contributed by atoms with Crippen molar-refractivity contribution in [3.8, 4) is 11.5 Å². The Kier molecular flexibility index (Phi) is 8.47. The van der Waals surface area contributed by atoms with Crippen molar-refractivity contribution in [1.82, 2.24) is 10.1 Å². The molecule has 0 amide bonds. The van der Waals surface area contributed by atoms with Crippen molar-refractivity contribution in [2.75, 3.05) is 18.5 Å². The molecular weight excluding hydrogens is 488 g/mol. The number of thioether (sulfide) groups is 1. The Hall–Kier alpha value is -3.44. The average molecular weight is 515 g/mol. The van der Waals surface area contributed by atoms with Crippen LogP contribution in [0, 0.1) is 0 Å². The first kappa shape index (κ1) is 26.2. The third kappa shape index (κ3) is 6.80. The number of nitrogens with zero attached hydrogens (tertiary/aromatic N) is 3. The number of benzene rings is 2. The van der Waals surface area contributed by atoms with Crippen molar-refractivity contribution in [3.05, 3.63) is 71.7 Å². The number of nitrogens with two attached hydrogens (primary N) is 1. The molecule has 2 N–H and O–H groups in total. The zero-order chi connectivity index (χ0) is 25.6. The first-order chi connectivity index (χ1) is 16.6. The number of ether oxygens (including phenoxy) is 1. The Bertz CT molecular complexity index is 1380. The highest BCUT2D eigenvalue weighted by Crippen LogP contribution is 2.28. The number of sulfone groups is 1. The Labute approximate surface area is 208 Å². The molecule has 0 spiro atoms. The average Bonchev–Trinajstić information content (AvgIpc) is 3.32. The number of rotatable bonds is 9. The van der Waals surface area contributed by atoms with Crippen LogP contribution < -0.4 is 5.73 Å². The summed E-state index contributed by atoms with van der Waals surface area (Å²) in [4.78, 5) is 21.4. The van der Waals surface area contributed by atoms with E-state index >= 15 is 0 Å². The molecule has 3 rings (SSSR count). The van der Waals surface area contributed by atoms with Gasteiger partial charge in [-0.3, -0.25) is 0 Å². The monoisotopic (exact) mass is 514 g/mol. The first-order valence-electron chi connectivity index (χ1n) is 10.6. The second-order valence-electron chi connectivity index (χ2n) is 7.87. The van der Waals surface area contributed by atoms with Gasteiger partial charge in [0.05, 0.1) is 10.6 Å². The van der Waals surface area contributed by atoms with Crippen molar-refractivity contribution in [2.45, 2.75) is 24.7 Å². The summed E-state index contributed by atoms with van der Waals surface area (Å²) in [7, 11) is -3.42. The summed E-state index contributed by atoms with van der Waals surface area (Å²) in [5.74, 6) is -0.201. The fourth-order valence-electron chi connectivity index (χ4n) is 3.06. The molecule has 11 heteroatoms. The van der Waals surface area contributed by atoms with Gasteiger partial charge in [-0.05, 0) is 48.1 Å². The van der Waals surface area contributed by atoms with Gasteiger partial charge >= 0.3 is 5.97 Å². The predicted octanol–water partition coefficient (Wildman–Crippen LogP) is 4.09. The summed E-state index contributed by atoms with van der Waals surface area (Å²) in [5.41, 5.74) is 8.04. The van der Waals surface area contributed by atoms with Crippen molar-refractivity contribution >= 4 is 39.0 Å². The number of aromatic nitrogens is 2. The van der Waals surface area contributed by atoms with Crippen LogP contribution in [0.25, 0.3) is 11.5 Å². The molecule has 0 unspecified atom stereocenters. The first-order valence-corrected chi connectivity index (χ1v) is 13.8. The summed E-state index contributed by atoms with van der Waals surface area (Å²) in [6, 6.07) is 13.7. The minimum Gasteiger partial charge on any atom is -0.450 e. The van der Waals surface area contributed by atoms with Gasteiger partial charge in [0.15, 0.2) is 9.84 Å². The maximum atomic E-state index is 12.2. The molecule has 2 aromatic carbocycles. The van der Waals surface area contributed by atoms with Crippen LogP contribution in [0.4, 0.5) is 5.69 Å². The van der Waals surface area contributed by atoms with Crippen LogP contribution in [0.15, 0.2) is 74.7 Å². The fourth-order valence-corrected chi connectivity index (χ4v) is 3.95. The number of hydrogen-bond donors (Lipinski definition) is 1. The maximum absolute atomic E-state index is 12.2. The molecule has 9 nitrogen and oxygen atoms in total. The highest BCUT2D eigenvalue weighted by Gasteiger charge is 2.18. The number of allylic oxidation sites excluding steroid dienone is 1. The molecule has 3 aromatic rings. The fraction of sp³-hybridized carbons (Fsp3) is 0.250. The molecule has 0 aliphatic heterocycles. The SMILES string of the molecule is CSCOC(=O)C(N)=CC(=Nc1ccccc1C(C)C)c1noc(-c2cccc(S(C)(=O)=O)c2)n1. The minimum absolute atomic E-state index is 0.0731. The molecular formula is C24H26N4O5S2. The summed E-state index contributed by atoms with van der Waals surface area (Å²) in [5, 5.41) is 4.01. The second kappa shape index (κ2) is 11.3. The van der Waals surface area contributed by atoms with E-state index in [0.717, 1.165) is 11.8 Å². The Balaban J connectivity index is 2.09. The standard InChI is InChI=1S/C24H26N4O5S2/c1-15(2)18-10-5-6-11-20(18)26-21(13-19(25)24(29)32-14-34-3)22-27-23(33-28-22)16-8-7-9-17(12-16)35(4,30)31/h5-13,15H,14,25H2,1-4H3. The normalized spacial score (nSPS) is 12.7. The number of carbonyl (C=O) groups excluding carboxylic acids is 1. The molecule has 0 bridgehead atoms. The van der Waals surface area contributed by atoms with Gasteiger partial charge in [-0.25, -0.2) is 18.2 Å². The van der Waals surface area contributed by atoms with Gasteiger partial charge in [-0.1, -0.05) is 43.3 Å². The molecule has 0 saturated carbocycles. The zero-order valence-electron chi connectivity index (χ0n) is 19.8. The van der Waals surface area contributed by atoms with Crippen LogP contribution in [0.2, 0.25) is 0 Å². The molecule has 0 aliphatic carbocycles. The van der Waals surface area contributed by atoms with Gasteiger partial charge in [-0.2, -0.15) is 4.98 Å². The van der Waals surface area contributed by atoms with Crippen LogP contribution in [-0.2, 0) is 19.4 Å². The lowest BCUT2D eigenvalue weighted by molar-refractivity contribution is -0.136. The van der Waals surface area contributed by atoms with Crippen LogP contribution >= 0.6 is 11.8 Å². The van der Waals surface area contributed by atoms with E-state index in [4.69, 9.17) is 15.0 Å². The van der Waals surface area contributed by atoms with Crippen molar-refractivity contribution in [3.63, 3.8) is 0 Å². The smallest absolute Gasteiger partial charge is 0.355 e. The predicted molar refractivity (Wildman–Crippen MR) is 136 cm³/mol. The number of aliphatic imine (C=N–C) groups is 1. The summed E-state index contributed by atoms with van der Waals surface area (Å²) in [6.45, 7) is 4.08. The van der Waals surface area contributed by atoms with Gasteiger partial charge in [-0.15, -0.1) is 11.8 Å². The summed E-state index contributed by atoms with van der Waals surface area (Å²) < 4.78 is 34.3. The van der Waals surface area contributed by atoms with Gasteiger partial charge in [0.2, 0.25) is 5.82 Å². The lowest BCUT2D eigenvalue weighted by atomic mass is 10.0. The topological polar surface area (TPSA) is 138 Å². The van der Waals surface area contributed by atoms with Gasteiger partial charge in [0.1, 0.15) is 17.3 Å². The molecule has 0 aliphatic rings.